The summed E-state index contributed by atoms with van der Waals surface area (Å²) in [5.41, 5.74) is 12.1. The normalized spacial score (nSPS) is 11.8. The molecule has 0 atom stereocenters. The molecule has 0 fully saturated rings. The molecular weight excluding hydrogens is 707 g/mol. The van der Waals surface area contributed by atoms with Crippen molar-refractivity contribution in [2.75, 3.05) is 0 Å². The van der Waals surface area contributed by atoms with Gasteiger partial charge in [-0.25, -0.2) is 15.0 Å². The largest absolute Gasteiger partial charge is 0.309 e. The van der Waals surface area contributed by atoms with Crippen molar-refractivity contribution in [3.8, 4) is 51.0 Å². The van der Waals surface area contributed by atoms with Crippen molar-refractivity contribution < 1.29 is 0 Å². The number of aromatic nitrogens is 5. The van der Waals surface area contributed by atoms with E-state index in [9.17, 15) is 0 Å². The van der Waals surface area contributed by atoms with E-state index >= 15 is 0 Å². The zero-order chi connectivity index (χ0) is 38.2. The van der Waals surface area contributed by atoms with Gasteiger partial charge in [0.2, 0.25) is 0 Å². The third kappa shape index (κ3) is 5.07. The van der Waals surface area contributed by atoms with Crippen LogP contribution in [0.25, 0.3) is 111 Å². The van der Waals surface area contributed by atoms with E-state index in [4.69, 9.17) is 15.0 Å². The van der Waals surface area contributed by atoms with Crippen LogP contribution < -0.4 is 0 Å². The Labute approximate surface area is 333 Å². The minimum atomic E-state index is 0.636. The van der Waals surface area contributed by atoms with Crippen LogP contribution in [0.5, 0.6) is 0 Å². The van der Waals surface area contributed by atoms with Crippen LogP contribution in [0, 0.1) is 0 Å². The third-order valence-corrected chi connectivity index (χ3v) is 11.5. The molecule has 4 aromatic heterocycles. The first kappa shape index (κ1) is 32.4. The molecule has 0 saturated heterocycles. The van der Waals surface area contributed by atoms with Gasteiger partial charge in [0.1, 0.15) is 0 Å². The van der Waals surface area contributed by atoms with Crippen molar-refractivity contribution in [2.45, 2.75) is 0 Å². The smallest absolute Gasteiger partial charge is 0.164 e. The summed E-state index contributed by atoms with van der Waals surface area (Å²) < 4.78 is 4.85. The zero-order valence-electron chi connectivity index (χ0n) is 31.3. The van der Waals surface area contributed by atoms with Gasteiger partial charge in [0.05, 0.1) is 27.6 Å². The van der Waals surface area contributed by atoms with E-state index in [0.717, 1.165) is 33.5 Å². The maximum absolute atomic E-state index is 5.01. The van der Waals surface area contributed by atoms with E-state index in [1.54, 1.807) is 0 Å². The van der Waals surface area contributed by atoms with Gasteiger partial charge in [-0.05, 0) is 71.1 Å². The summed E-state index contributed by atoms with van der Waals surface area (Å²) >= 11 is 0. The molecule has 58 heavy (non-hydrogen) atoms. The van der Waals surface area contributed by atoms with E-state index in [2.05, 4.69) is 148 Å². The summed E-state index contributed by atoms with van der Waals surface area (Å²) in [5.74, 6) is 1.93. The molecular formula is C53H33N5. The Morgan fingerprint density at radius 2 is 0.793 bits per heavy atom. The first-order chi connectivity index (χ1) is 28.7. The van der Waals surface area contributed by atoms with Gasteiger partial charge < -0.3 is 8.97 Å². The molecule has 0 saturated carbocycles. The summed E-state index contributed by atoms with van der Waals surface area (Å²) in [6.07, 6.45) is 0. The molecule has 0 spiro atoms. The highest BCUT2D eigenvalue weighted by Crippen LogP contribution is 2.41. The quantitative estimate of drug-likeness (QED) is 0.165. The molecule has 5 nitrogen and oxygen atoms in total. The lowest BCUT2D eigenvalue weighted by Crippen LogP contribution is -2.00. The first-order valence-corrected chi connectivity index (χ1v) is 19.6. The lowest BCUT2D eigenvalue weighted by atomic mass is 10.0. The van der Waals surface area contributed by atoms with Gasteiger partial charge in [0, 0.05) is 49.3 Å². The highest BCUT2D eigenvalue weighted by molar-refractivity contribution is 6.22. The molecule has 0 aliphatic heterocycles. The summed E-state index contributed by atoms with van der Waals surface area (Å²) in [7, 11) is 0. The number of rotatable bonds is 5. The van der Waals surface area contributed by atoms with Crippen LogP contribution in [0.3, 0.4) is 0 Å². The minimum absolute atomic E-state index is 0.636. The van der Waals surface area contributed by atoms with E-state index in [-0.39, 0.29) is 0 Å². The lowest BCUT2D eigenvalue weighted by molar-refractivity contribution is 1.07. The van der Waals surface area contributed by atoms with E-state index in [1.165, 1.54) is 59.9 Å². The van der Waals surface area contributed by atoms with Crippen molar-refractivity contribution in [1.82, 2.24) is 23.9 Å². The highest BCUT2D eigenvalue weighted by Gasteiger charge is 2.19. The molecule has 0 aliphatic rings. The number of pyridine rings is 1. The van der Waals surface area contributed by atoms with Crippen LogP contribution in [0.1, 0.15) is 0 Å². The Morgan fingerprint density at radius 3 is 1.52 bits per heavy atom. The van der Waals surface area contributed by atoms with Crippen molar-refractivity contribution in [1.29, 1.82) is 0 Å². The topological polar surface area (TPSA) is 48.0 Å². The summed E-state index contributed by atoms with van der Waals surface area (Å²) in [6.45, 7) is 0. The van der Waals surface area contributed by atoms with Crippen molar-refractivity contribution in [3.05, 3.63) is 200 Å². The van der Waals surface area contributed by atoms with E-state index in [1.807, 2.05) is 60.7 Å². The predicted molar refractivity (Wildman–Crippen MR) is 239 cm³/mol. The minimum Gasteiger partial charge on any atom is -0.309 e. The zero-order valence-corrected chi connectivity index (χ0v) is 31.3. The molecule has 5 heteroatoms. The molecule has 0 unspecified atom stereocenters. The van der Waals surface area contributed by atoms with Gasteiger partial charge >= 0.3 is 0 Å². The lowest BCUT2D eigenvalue weighted by Gasteiger charge is -2.13. The monoisotopic (exact) mass is 739 g/mol. The first-order valence-electron chi connectivity index (χ1n) is 19.6. The van der Waals surface area contributed by atoms with Crippen LogP contribution in [-0.2, 0) is 0 Å². The Kier molecular flexibility index (Phi) is 7.16. The second kappa shape index (κ2) is 12.8. The molecule has 12 rings (SSSR count). The average Bonchev–Trinajstić information content (AvgIpc) is 3.85. The van der Waals surface area contributed by atoms with Gasteiger partial charge in [-0.2, -0.15) is 0 Å². The van der Waals surface area contributed by atoms with E-state index < -0.39 is 0 Å². The second-order valence-corrected chi connectivity index (χ2v) is 14.9. The molecule has 0 aliphatic carbocycles. The van der Waals surface area contributed by atoms with Gasteiger partial charge in [-0.15, -0.1) is 0 Å². The average molecular weight is 740 g/mol. The molecule has 270 valence electrons. The Balaban J connectivity index is 1.04. The summed E-state index contributed by atoms with van der Waals surface area (Å²) in [4.78, 5) is 14.9. The second-order valence-electron chi connectivity index (χ2n) is 14.9. The molecule has 12 aromatic rings. The molecule has 0 N–H and O–H groups in total. The number of fused-ring (bicyclic) bond motifs is 11. The van der Waals surface area contributed by atoms with Crippen LogP contribution in [0.2, 0.25) is 0 Å². The summed E-state index contributed by atoms with van der Waals surface area (Å²) in [5, 5.41) is 7.43. The fraction of sp³-hybridized carbons (Fsp3) is 0. The molecule has 8 aromatic carbocycles. The molecule has 4 heterocycles. The maximum Gasteiger partial charge on any atom is 0.164 e. The number of nitrogens with zero attached hydrogens (tertiary/aromatic N) is 5. The Hall–Kier alpha value is -7.89. The van der Waals surface area contributed by atoms with Crippen LogP contribution >= 0.6 is 0 Å². The number of hydrogen-bond acceptors (Lipinski definition) is 3. The maximum atomic E-state index is 5.01. The van der Waals surface area contributed by atoms with Gasteiger partial charge in [-0.3, -0.25) is 0 Å². The fourth-order valence-electron chi connectivity index (χ4n) is 8.84. The van der Waals surface area contributed by atoms with E-state index in [0.29, 0.717) is 17.5 Å². The fourth-order valence-corrected chi connectivity index (χ4v) is 8.84. The summed E-state index contributed by atoms with van der Waals surface area (Å²) in [6, 6.07) is 71.1. The number of benzene rings is 8. The Bertz CT molecular complexity index is 3510. The standard InChI is InChI=1S/C53H33N5/c1-3-15-34(16-4-1)51-54-52(35-17-5-2-6-18-35)56-53(55-51)39-22-13-20-36(29-39)37-21-14-23-40(30-37)57-47-27-11-9-25-42(47)44-32-45-43(33-50(44)57)41-24-8-12-28-48(41)58-46-26-10-7-19-38(46)31-49(45)58/h1-33H. The van der Waals surface area contributed by atoms with Gasteiger partial charge in [0.25, 0.3) is 0 Å². The molecule has 0 radical (unpaired) electrons. The third-order valence-electron chi connectivity index (χ3n) is 11.5. The van der Waals surface area contributed by atoms with Gasteiger partial charge in [-0.1, -0.05) is 146 Å². The predicted octanol–water partition coefficient (Wildman–Crippen LogP) is 13.3. The van der Waals surface area contributed by atoms with Gasteiger partial charge in [0.15, 0.2) is 17.5 Å². The van der Waals surface area contributed by atoms with Crippen molar-refractivity contribution in [3.63, 3.8) is 0 Å². The van der Waals surface area contributed by atoms with Crippen molar-refractivity contribution in [2.24, 2.45) is 0 Å². The number of para-hydroxylation sites is 3. The SMILES string of the molecule is c1ccc(-c2nc(-c3ccccc3)nc(-c3cccc(-c4cccc(-n5c6ccccc6c6cc7c(cc65)c5ccccc5n5c6ccccc6cc75)c4)c3)n2)cc1. The van der Waals surface area contributed by atoms with Crippen LogP contribution in [-0.4, -0.2) is 23.9 Å². The molecule has 0 bridgehead atoms. The van der Waals surface area contributed by atoms with Crippen LogP contribution in [0.4, 0.5) is 0 Å². The molecule has 0 amide bonds. The number of hydrogen-bond donors (Lipinski definition) is 0. The Morgan fingerprint density at radius 1 is 0.276 bits per heavy atom. The van der Waals surface area contributed by atoms with Crippen molar-refractivity contribution >= 4 is 59.9 Å². The highest BCUT2D eigenvalue weighted by atomic mass is 15.0. The van der Waals surface area contributed by atoms with Crippen LogP contribution in [0.15, 0.2) is 200 Å².